The van der Waals surface area contributed by atoms with Crippen LogP contribution in [0.4, 0.5) is 11.4 Å². The molecule has 4 rings (SSSR count). The summed E-state index contributed by atoms with van der Waals surface area (Å²) in [5.74, 6) is -0.396. The van der Waals surface area contributed by atoms with E-state index in [2.05, 4.69) is 15.3 Å². The van der Waals surface area contributed by atoms with E-state index >= 15 is 0 Å². The van der Waals surface area contributed by atoms with Gasteiger partial charge in [-0.05, 0) is 36.8 Å². The van der Waals surface area contributed by atoms with E-state index in [0.29, 0.717) is 16.6 Å². The number of benzene rings is 1. The summed E-state index contributed by atoms with van der Waals surface area (Å²) in [6, 6.07) is 7.66. The highest BCUT2D eigenvalue weighted by atomic mass is 16.5. The van der Waals surface area contributed by atoms with Crippen LogP contribution in [0, 0.1) is 6.92 Å². The molecule has 28 heavy (non-hydrogen) atoms. The summed E-state index contributed by atoms with van der Waals surface area (Å²) in [5.41, 5.74) is 3.22. The van der Waals surface area contributed by atoms with Gasteiger partial charge in [-0.1, -0.05) is 0 Å². The van der Waals surface area contributed by atoms with Crippen LogP contribution in [0.2, 0.25) is 0 Å². The van der Waals surface area contributed by atoms with Crippen molar-refractivity contribution in [2.45, 2.75) is 6.92 Å². The minimum absolute atomic E-state index is 0.138. The molecule has 146 valence electrons. The van der Waals surface area contributed by atoms with Gasteiger partial charge in [0.05, 0.1) is 24.1 Å². The zero-order valence-electron chi connectivity index (χ0n) is 16.2. The summed E-state index contributed by atoms with van der Waals surface area (Å²) < 4.78 is 8.44. The first kappa shape index (κ1) is 18.2. The Morgan fingerprint density at radius 1 is 1.14 bits per heavy atom. The van der Waals surface area contributed by atoms with Crippen LogP contribution < -0.4 is 15.8 Å². The third kappa shape index (κ3) is 3.16. The Morgan fingerprint density at radius 3 is 2.50 bits per heavy atom. The normalized spacial score (nSPS) is 14.5. The zero-order chi connectivity index (χ0) is 19.8. The molecule has 3 aromatic rings. The van der Waals surface area contributed by atoms with Crippen LogP contribution in [0.5, 0.6) is 0 Å². The summed E-state index contributed by atoms with van der Waals surface area (Å²) >= 11 is 0. The van der Waals surface area contributed by atoms with Gasteiger partial charge >= 0.3 is 0 Å². The van der Waals surface area contributed by atoms with Gasteiger partial charge in [-0.15, -0.1) is 0 Å². The molecule has 0 saturated carbocycles. The van der Waals surface area contributed by atoms with Crippen LogP contribution in [-0.4, -0.2) is 46.6 Å². The topological polar surface area (TPSA) is 81.4 Å². The maximum atomic E-state index is 12.8. The third-order valence-corrected chi connectivity index (χ3v) is 5.06. The molecule has 1 saturated heterocycles. The van der Waals surface area contributed by atoms with Gasteiger partial charge < -0.3 is 19.5 Å². The number of pyridine rings is 1. The second kappa shape index (κ2) is 7.12. The smallest absolute Gasteiger partial charge is 0.277 e. The number of anilines is 2. The van der Waals surface area contributed by atoms with Crippen molar-refractivity contribution in [2.75, 3.05) is 36.5 Å². The molecule has 0 unspecified atom stereocenters. The van der Waals surface area contributed by atoms with E-state index in [4.69, 9.17) is 4.74 Å². The number of ether oxygens (including phenoxy) is 1. The van der Waals surface area contributed by atoms with E-state index in [0.717, 1.165) is 37.6 Å². The van der Waals surface area contributed by atoms with Crippen molar-refractivity contribution in [1.29, 1.82) is 0 Å². The summed E-state index contributed by atoms with van der Waals surface area (Å²) in [6.45, 7) is 5.05. The molecule has 2 aromatic heterocycles. The first-order valence-corrected chi connectivity index (χ1v) is 9.23. The molecule has 0 atom stereocenters. The van der Waals surface area contributed by atoms with Crippen molar-refractivity contribution in [1.82, 2.24) is 14.3 Å². The zero-order valence-corrected chi connectivity index (χ0v) is 16.2. The van der Waals surface area contributed by atoms with E-state index in [9.17, 15) is 9.59 Å². The number of aryl methyl sites for hydroxylation is 3. The maximum absolute atomic E-state index is 12.8. The lowest BCUT2D eigenvalue weighted by Crippen LogP contribution is -2.36. The average Bonchev–Trinajstić information content (AvgIpc) is 3.05. The molecule has 0 radical (unpaired) electrons. The molecular weight excluding hydrogens is 358 g/mol. The molecule has 1 N–H and O–H groups in total. The van der Waals surface area contributed by atoms with Crippen LogP contribution in [0.3, 0.4) is 0 Å². The second-order valence-electron chi connectivity index (χ2n) is 7.02. The van der Waals surface area contributed by atoms with Crippen LogP contribution in [0.25, 0.3) is 10.9 Å². The number of carbonyl (C=O) groups excluding carboxylic acids is 1. The highest BCUT2D eigenvalue weighted by Gasteiger charge is 2.21. The van der Waals surface area contributed by atoms with E-state index in [-0.39, 0.29) is 11.3 Å². The van der Waals surface area contributed by atoms with Crippen LogP contribution in [-0.2, 0) is 18.8 Å². The number of hydrogen-bond donors (Lipinski definition) is 1. The summed E-state index contributed by atoms with van der Waals surface area (Å²) in [5, 5.41) is 7.50. The predicted molar refractivity (Wildman–Crippen MR) is 108 cm³/mol. The molecular formula is C20H23N5O3. The molecule has 0 bridgehead atoms. The minimum Gasteiger partial charge on any atom is -0.378 e. The first-order valence-electron chi connectivity index (χ1n) is 9.23. The number of aromatic nitrogens is 3. The number of hydrogen-bond acceptors (Lipinski definition) is 5. The molecule has 1 amide bonds. The molecule has 0 spiro atoms. The van der Waals surface area contributed by atoms with Gasteiger partial charge in [-0.2, -0.15) is 5.10 Å². The predicted octanol–water partition coefficient (Wildman–Crippen LogP) is 1.67. The summed E-state index contributed by atoms with van der Waals surface area (Å²) in [4.78, 5) is 27.7. The Bertz CT molecular complexity index is 1090. The number of rotatable bonds is 3. The fourth-order valence-electron chi connectivity index (χ4n) is 3.69. The monoisotopic (exact) mass is 381 g/mol. The molecule has 1 fully saturated rings. The molecule has 1 aromatic carbocycles. The highest BCUT2D eigenvalue weighted by molar-refractivity contribution is 6.11. The number of carbonyl (C=O) groups is 1. The van der Waals surface area contributed by atoms with Gasteiger partial charge in [0.25, 0.3) is 11.5 Å². The Balaban J connectivity index is 1.61. The van der Waals surface area contributed by atoms with Gasteiger partial charge in [0.1, 0.15) is 0 Å². The van der Waals surface area contributed by atoms with E-state index in [1.807, 2.05) is 31.2 Å². The number of nitrogens with one attached hydrogen (secondary N) is 1. The van der Waals surface area contributed by atoms with Crippen molar-refractivity contribution < 1.29 is 9.53 Å². The number of amides is 1. The lowest BCUT2D eigenvalue weighted by molar-refractivity contribution is 0.102. The Morgan fingerprint density at radius 2 is 1.82 bits per heavy atom. The highest BCUT2D eigenvalue weighted by Crippen LogP contribution is 2.21. The molecule has 0 aliphatic carbocycles. The lowest BCUT2D eigenvalue weighted by atomic mass is 10.1. The lowest BCUT2D eigenvalue weighted by Gasteiger charge is -2.28. The van der Waals surface area contributed by atoms with Gasteiger partial charge in [-0.25, -0.2) is 0 Å². The first-order chi connectivity index (χ1) is 13.5. The fraction of sp³-hybridized carbons (Fsp3) is 0.350. The van der Waals surface area contributed by atoms with Gasteiger partial charge in [0.2, 0.25) is 0 Å². The summed E-state index contributed by atoms with van der Waals surface area (Å²) in [6.07, 6.45) is 1.75. The quantitative estimate of drug-likeness (QED) is 0.746. The summed E-state index contributed by atoms with van der Waals surface area (Å²) in [7, 11) is 3.41. The number of nitrogens with zero attached hydrogens (tertiary/aromatic N) is 4. The van der Waals surface area contributed by atoms with Crippen molar-refractivity contribution in [3.8, 4) is 0 Å². The van der Waals surface area contributed by atoms with Gasteiger partial charge in [-0.3, -0.25) is 14.3 Å². The van der Waals surface area contributed by atoms with Gasteiger partial charge in [0.15, 0.2) is 5.69 Å². The van der Waals surface area contributed by atoms with E-state index in [1.165, 1.54) is 4.57 Å². The van der Waals surface area contributed by atoms with Gasteiger partial charge in [0, 0.05) is 44.8 Å². The van der Waals surface area contributed by atoms with Crippen LogP contribution in [0.15, 0.2) is 35.3 Å². The van der Waals surface area contributed by atoms with Crippen molar-refractivity contribution in [2.24, 2.45) is 14.1 Å². The van der Waals surface area contributed by atoms with Crippen molar-refractivity contribution in [3.05, 3.63) is 52.1 Å². The second-order valence-corrected chi connectivity index (χ2v) is 7.02. The standard InChI is InChI=1S/C20H23N5O3/c1-13-12-23(2)20(27)16-17(22-24(3)18(13)16)19(26)21-14-4-6-15(7-5-14)25-8-10-28-11-9-25/h4-7,12H,8-11H2,1-3H3,(H,21,26). The van der Waals surface area contributed by atoms with Crippen molar-refractivity contribution >= 4 is 28.2 Å². The molecule has 8 heteroatoms. The Labute approximate surface area is 162 Å². The molecule has 1 aliphatic rings. The average molecular weight is 381 g/mol. The largest absolute Gasteiger partial charge is 0.378 e. The minimum atomic E-state index is -0.396. The maximum Gasteiger partial charge on any atom is 0.277 e. The van der Waals surface area contributed by atoms with Crippen LogP contribution in [0.1, 0.15) is 16.1 Å². The number of fused-ring (bicyclic) bond motifs is 1. The Hall–Kier alpha value is -3.13. The van der Waals surface area contributed by atoms with Crippen LogP contribution >= 0.6 is 0 Å². The Kier molecular flexibility index (Phi) is 4.64. The third-order valence-electron chi connectivity index (χ3n) is 5.06. The molecule has 8 nitrogen and oxygen atoms in total. The molecule has 1 aliphatic heterocycles. The van der Waals surface area contributed by atoms with E-state index in [1.54, 1.807) is 25.0 Å². The fourth-order valence-corrected chi connectivity index (χ4v) is 3.69. The SMILES string of the molecule is Cc1cn(C)c(=O)c2c(C(=O)Nc3ccc(N4CCOCC4)cc3)nn(C)c12. The van der Waals surface area contributed by atoms with Crippen molar-refractivity contribution in [3.63, 3.8) is 0 Å². The number of morpholine rings is 1. The van der Waals surface area contributed by atoms with E-state index < -0.39 is 5.91 Å². The molecule has 3 heterocycles.